The van der Waals surface area contributed by atoms with Crippen molar-refractivity contribution in [3.05, 3.63) is 57.5 Å². The van der Waals surface area contributed by atoms with E-state index in [4.69, 9.17) is 4.74 Å². The summed E-state index contributed by atoms with van der Waals surface area (Å²) < 4.78 is 10.3. The first-order chi connectivity index (χ1) is 14.3. The number of ether oxygens (including phenoxy) is 1. The number of nitrogens with zero attached hydrogens (tertiary/aromatic N) is 4. The number of esters is 1. The lowest BCUT2D eigenvalue weighted by atomic mass is 9.86. The molecule has 0 radical (unpaired) electrons. The average molecular weight is 444 g/mol. The number of thiazole rings is 1. The second-order valence-corrected chi connectivity index (χ2v) is 10.6. The standard InChI is InChI=1S/C21H25N5O2S2/c1-13-11-24-18(30-13)17-15(16-12-22-6-7-23-16)10-21(25-17,9-14-5-8-29-26-14)19(27)28-20(2,3)4/h5-8,11-12,15,17,25H,9-10H2,1-4H3/t15-,17-,21+/m1/s1. The van der Waals surface area contributed by atoms with Gasteiger partial charge in [-0.2, -0.15) is 4.37 Å². The van der Waals surface area contributed by atoms with Crippen molar-refractivity contribution in [2.45, 2.75) is 63.6 Å². The normalized spacial score (nSPS) is 24.1. The second-order valence-electron chi connectivity index (χ2n) is 8.62. The number of rotatable bonds is 5. The zero-order valence-corrected chi connectivity index (χ0v) is 19.1. The van der Waals surface area contributed by atoms with Crippen LogP contribution in [0.3, 0.4) is 0 Å². The van der Waals surface area contributed by atoms with Gasteiger partial charge in [0.25, 0.3) is 0 Å². The summed E-state index contributed by atoms with van der Waals surface area (Å²) in [6.07, 6.45) is 7.96. The molecular formula is C21H25N5O2S2. The van der Waals surface area contributed by atoms with Gasteiger partial charge in [0.2, 0.25) is 0 Å². The van der Waals surface area contributed by atoms with Crippen LogP contribution < -0.4 is 5.32 Å². The van der Waals surface area contributed by atoms with Gasteiger partial charge >= 0.3 is 5.97 Å². The van der Waals surface area contributed by atoms with Crippen LogP contribution in [0.15, 0.2) is 36.2 Å². The van der Waals surface area contributed by atoms with Crippen LogP contribution in [0.1, 0.15) is 60.4 Å². The third-order valence-electron chi connectivity index (χ3n) is 5.03. The van der Waals surface area contributed by atoms with Gasteiger partial charge in [-0.25, -0.2) is 4.98 Å². The van der Waals surface area contributed by atoms with Gasteiger partial charge in [-0.3, -0.25) is 20.1 Å². The second kappa shape index (κ2) is 8.13. The summed E-state index contributed by atoms with van der Waals surface area (Å²) >= 11 is 3.01. The van der Waals surface area contributed by atoms with Crippen LogP contribution in [0.2, 0.25) is 0 Å². The number of hydrogen-bond donors (Lipinski definition) is 1. The van der Waals surface area contributed by atoms with Gasteiger partial charge < -0.3 is 4.74 Å². The molecule has 0 saturated carbocycles. The van der Waals surface area contributed by atoms with E-state index >= 15 is 0 Å². The molecule has 1 aliphatic heterocycles. The molecule has 9 heteroatoms. The fraction of sp³-hybridized carbons (Fsp3) is 0.476. The molecule has 158 valence electrons. The third kappa shape index (κ3) is 4.43. The largest absolute Gasteiger partial charge is 0.459 e. The fourth-order valence-electron chi connectivity index (χ4n) is 3.83. The number of aromatic nitrogens is 4. The number of aryl methyl sites for hydroxylation is 1. The zero-order chi connectivity index (χ0) is 21.4. The maximum atomic E-state index is 13.5. The van der Waals surface area contributed by atoms with E-state index in [1.54, 1.807) is 29.9 Å². The molecule has 0 aliphatic carbocycles. The maximum Gasteiger partial charge on any atom is 0.327 e. The molecule has 7 nitrogen and oxygen atoms in total. The molecule has 0 spiro atoms. The minimum absolute atomic E-state index is 0.0598. The molecule has 30 heavy (non-hydrogen) atoms. The Morgan fingerprint density at radius 2 is 2.13 bits per heavy atom. The van der Waals surface area contributed by atoms with Crippen LogP contribution in [-0.2, 0) is 16.0 Å². The molecule has 0 bridgehead atoms. The lowest BCUT2D eigenvalue weighted by Gasteiger charge is -2.31. The van der Waals surface area contributed by atoms with E-state index in [1.165, 1.54) is 11.5 Å². The first-order valence-electron chi connectivity index (χ1n) is 9.84. The van der Waals surface area contributed by atoms with Gasteiger partial charge in [0.1, 0.15) is 16.1 Å². The van der Waals surface area contributed by atoms with E-state index < -0.39 is 11.1 Å². The van der Waals surface area contributed by atoms with E-state index in [-0.39, 0.29) is 17.9 Å². The smallest absolute Gasteiger partial charge is 0.327 e. The highest BCUT2D eigenvalue weighted by atomic mass is 32.1. The van der Waals surface area contributed by atoms with E-state index in [0.717, 1.165) is 21.3 Å². The highest BCUT2D eigenvalue weighted by Gasteiger charge is 2.54. The molecule has 4 heterocycles. The summed E-state index contributed by atoms with van der Waals surface area (Å²) in [5.41, 5.74) is 0.193. The molecule has 0 aromatic carbocycles. The van der Waals surface area contributed by atoms with Gasteiger partial charge in [-0.1, -0.05) is 0 Å². The molecule has 1 saturated heterocycles. The molecule has 1 N–H and O–H groups in total. The predicted molar refractivity (Wildman–Crippen MR) is 117 cm³/mol. The topological polar surface area (TPSA) is 89.9 Å². The Balaban J connectivity index is 1.76. The van der Waals surface area contributed by atoms with Crippen LogP contribution in [0.5, 0.6) is 0 Å². The predicted octanol–water partition coefficient (Wildman–Crippen LogP) is 3.84. The average Bonchev–Trinajstić information content (AvgIpc) is 3.42. The molecule has 1 aliphatic rings. The zero-order valence-electron chi connectivity index (χ0n) is 17.5. The molecule has 4 rings (SSSR count). The first kappa shape index (κ1) is 21.0. The highest BCUT2D eigenvalue weighted by molar-refractivity contribution is 7.11. The number of hydrogen-bond acceptors (Lipinski definition) is 9. The molecule has 0 unspecified atom stereocenters. The number of carbonyl (C=O) groups excluding carboxylic acids is 1. The Morgan fingerprint density at radius 1 is 1.30 bits per heavy atom. The summed E-state index contributed by atoms with van der Waals surface area (Å²) in [5, 5.41) is 6.48. The fourth-order valence-corrected chi connectivity index (χ4v) is 5.26. The number of carbonyl (C=O) groups is 1. The molecular weight excluding hydrogens is 418 g/mol. The SMILES string of the molecule is Cc1cnc([C@@H]2N[C@](Cc3ccsn3)(C(=O)OC(C)(C)C)C[C@@H]2c2cnccn2)s1. The van der Waals surface area contributed by atoms with Crippen LogP contribution in [-0.4, -0.2) is 36.4 Å². The Morgan fingerprint density at radius 3 is 2.73 bits per heavy atom. The van der Waals surface area contributed by atoms with Crippen molar-refractivity contribution in [1.82, 2.24) is 24.6 Å². The Kier molecular flexibility index (Phi) is 5.69. The molecule has 0 amide bonds. The van der Waals surface area contributed by atoms with Gasteiger partial charge in [-0.15, -0.1) is 11.3 Å². The Bertz CT molecular complexity index is 1000. The molecule has 3 aromatic rings. The van der Waals surface area contributed by atoms with Gasteiger partial charge in [0, 0.05) is 47.4 Å². The van der Waals surface area contributed by atoms with Crippen LogP contribution in [0.25, 0.3) is 0 Å². The van der Waals surface area contributed by atoms with Gasteiger partial charge in [0.15, 0.2) is 0 Å². The van der Waals surface area contributed by atoms with Crippen molar-refractivity contribution in [2.24, 2.45) is 0 Å². The first-order valence-corrected chi connectivity index (χ1v) is 11.5. The minimum Gasteiger partial charge on any atom is -0.459 e. The summed E-state index contributed by atoms with van der Waals surface area (Å²) in [6.45, 7) is 7.69. The summed E-state index contributed by atoms with van der Waals surface area (Å²) in [7, 11) is 0. The van der Waals surface area contributed by atoms with E-state index in [1.807, 2.05) is 45.3 Å². The highest BCUT2D eigenvalue weighted by Crippen LogP contribution is 2.46. The quantitative estimate of drug-likeness (QED) is 0.599. The minimum atomic E-state index is -0.923. The summed E-state index contributed by atoms with van der Waals surface area (Å²) in [5.74, 6) is -0.330. The van der Waals surface area contributed by atoms with Crippen LogP contribution >= 0.6 is 22.9 Å². The van der Waals surface area contributed by atoms with Gasteiger partial charge in [-0.05, 0) is 51.7 Å². The Hall–Kier alpha value is -2.23. The van der Waals surface area contributed by atoms with Crippen molar-refractivity contribution < 1.29 is 9.53 Å². The van der Waals surface area contributed by atoms with Gasteiger partial charge in [0.05, 0.1) is 17.4 Å². The van der Waals surface area contributed by atoms with E-state index in [0.29, 0.717) is 12.8 Å². The van der Waals surface area contributed by atoms with Crippen molar-refractivity contribution in [1.29, 1.82) is 0 Å². The van der Waals surface area contributed by atoms with Crippen LogP contribution in [0.4, 0.5) is 0 Å². The summed E-state index contributed by atoms with van der Waals surface area (Å²) in [6, 6.07) is 1.79. The Labute approximate surface area is 184 Å². The van der Waals surface area contributed by atoms with Crippen LogP contribution in [0, 0.1) is 6.92 Å². The molecule has 3 atom stereocenters. The lowest BCUT2D eigenvalue weighted by Crippen LogP contribution is -2.52. The van der Waals surface area contributed by atoms with Crippen molar-refractivity contribution >= 4 is 28.8 Å². The number of nitrogens with one attached hydrogen (secondary N) is 1. The van der Waals surface area contributed by atoms with E-state index in [2.05, 4.69) is 24.6 Å². The monoisotopic (exact) mass is 443 g/mol. The lowest BCUT2D eigenvalue weighted by molar-refractivity contribution is -0.162. The molecule has 1 fully saturated rings. The maximum absolute atomic E-state index is 13.5. The van der Waals surface area contributed by atoms with Crippen molar-refractivity contribution in [3.8, 4) is 0 Å². The van der Waals surface area contributed by atoms with Crippen molar-refractivity contribution in [2.75, 3.05) is 0 Å². The molecule has 3 aromatic heterocycles. The third-order valence-corrected chi connectivity index (χ3v) is 6.63. The summed E-state index contributed by atoms with van der Waals surface area (Å²) in [4.78, 5) is 28.0. The van der Waals surface area contributed by atoms with E-state index in [9.17, 15) is 4.79 Å². The van der Waals surface area contributed by atoms with Crippen molar-refractivity contribution in [3.63, 3.8) is 0 Å².